The summed E-state index contributed by atoms with van der Waals surface area (Å²) in [5.74, 6) is -1.40. The van der Waals surface area contributed by atoms with Crippen LogP contribution in [0.3, 0.4) is 0 Å². The molecule has 0 saturated carbocycles. The first-order valence-corrected chi connectivity index (χ1v) is 6.17. The van der Waals surface area contributed by atoms with Crippen molar-refractivity contribution in [2.24, 2.45) is 0 Å². The van der Waals surface area contributed by atoms with Crippen molar-refractivity contribution >= 4 is 29.5 Å². The van der Waals surface area contributed by atoms with E-state index >= 15 is 0 Å². The van der Waals surface area contributed by atoms with Crippen molar-refractivity contribution in [3.63, 3.8) is 0 Å². The molecule has 6 heteroatoms. The van der Waals surface area contributed by atoms with E-state index in [2.05, 4.69) is 5.43 Å². The summed E-state index contributed by atoms with van der Waals surface area (Å²) in [6.45, 7) is 7.47. The molecular formula is C11H16N2O3S. The van der Waals surface area contributed by atoms with E-state index in [0.29, 0.717) is 0 Å². The van der Waals surface area contributed by atoms with Gasteiger partial charge in [-0.25, -0.2) is 0 Å². The van der Waals surface area contributed by atoms with Gasteiger partial charge in [0.15, 0.2) is 0 Å². The summed E-state index contributed by atoms with van der Waals surface area (Å²) in [6, 6.07) is 0. The van der Waals surface area contributed by atoms with Crippen molar-refractivity contribution < 1.29 is 14.4 Å². The average Bonchev–Trinajstić information content (AvgIpc) is 2.47. The van der Waals surface area contributed by atoms with Crippen molar-refractivity contribution in [1.29, 1.82) is 0 Å². The van der Waals surface area contributed by atoms with Gasteiger partial charge in [-0.15, -0.1) is 11.8 Å². The molecule has 0 bridgehead atoms. The topological polar surface area (TPSA) is 66.5 Å². The Bertz CT molecular complexity index is 370. The molecule has 1 aliphatic heterocycles. The normalized spacial score (nSPS) is 15.9. The summed E-state index contributed by atoms with van der Waals surface area (Å²) in [5.41, 5.74) is 2.34. The highest BCUT2D eigenvalue weighted by Crippen LogP contribution is 2.28. The standard InChI is InChI=1S/C11H16N2O3S/c1-7(2)17-11(3,4)10(16)12-13-8(14)5-6-9(13)15/h5-7H,1-4H3,(H,12,16). The maximum Gasteiger partial charge on any atom is 0.272 e. The monoisotopic (exact) mass is 256 g/mol. The minimum Gasteiger partial charge on any atom is -0.272 e. The lowest BCUT2D eigenvalue weighted by Gasteiger charge is -2.27. The number of carbonyl (C=O) groups is 3. The summed E-state index contributed by atoms with van der Waals surface area (Å²) in [5, 5.41) is 1.00. The van der Waals surface area contributed by atoms with Gasteiger partial charge in [-0.3, -0.25) is 19.8 Å². The van der Waals surface area contributed by atoms with Crippen LogP contribution in [-0.4, -0.2) is 32.7 Å². The first-order chi connectivity index (χ1) is 7.74. The molecule has 0 spiro atoms. The molecule has 94 valence electrons. The Kier molecular flexibility index (Phi) is 3.98. The summed E-state index contributed by atoms with van der Waals surface area (Å²) in [6.07, 6.45) is 2.26. The number of hydrogen-bond acceptors (Lipinski definition) is 4. The summed E-state index contributed by atoms with van der Waals surface area (Å²) >= 11 is 1.47. The van der Waals surface area contributed by atoms with Gasteiger partial charge in [-0.05, 0) is 13.8 Å². The fourth-order valence-corrected chi connectivity index (χ4v) is 2.72. The molecule has 1 N–H and O–H groups in total. The maximum absolute atomic E-state index is 11.9. The Labute approximate surface area is 105 Å². The number of rotatable bonds is 4. The van der Waals surface area contributed by atoms with E-state index < -0.39 is 16.6 Å². The second-order valence-electron chi connectivity index (χ2n) is 4.46. The largest absolute Gasteiger partial charge is 0.272 e. The van der Waals surface area contributed by atoms with Crippen LogP contribution in [0.25, 0.3) is 0 Å². The minimum absolute atomic E-state index is 0.277. The highest BCUT2D eigenvalue weighted by Gasteiger charge is 2.34. The number of thioether (sulfide) groups is 1. The Morgan fingerprint density at radius 2 is 1.76 bits per heavy atom. The number of amides is 3. The maximum atomic E-state index is 11.9. The molecule has 0 aromatic heterocycles. The zero-order valence-electron chi connectivity index (χ0n) is 10.3. The van der Waals surface area contributed by atoms with Crippen molar-refractivity contribution in [3.8, 4) is 0 Å². The molecule has 1 rings (SSSR count). The number of carbonyl (C=O) groups excluding carboxylic acids is 3. The molecule has 17 heavy (non-hydrogen) atoms. The van der Waals surface area contributed by atoms with Crippen LogP contribution in [0.5, 0.6) is 0 Å². The quantitative estimate of drug-likeness (QED) is 0.758. The second kappa shape index (κ2) is 4.91. The van der Waals surface area contributed by atoms with Crippen molar-refractivity contribution in [2.45, 2.75) is 37.7 Å². The molecule has 0 radical (unpaired) electrons. The number of nitrogens with zero attached hydrogens (tertiary/aromatic N) is 1. The van der Waals surface area contributed by atoms with Gasteiger partial charge in [0, 0.05) is 17.4 Å². The van der Waals surface area contributed by atoms with Gasteiger partial charge in [0.05, 0.1) is 4.75 Å². The van der Waals surface area contributed by atoms with E-state index in [0.717, 1.165) is 17.2 Å². The van der Waals surface area contributed by atoms with E-state index in [1.807, 2.05) is 13.8 Å². The summed E-state index contributed by atoms with van der Waals surface area (Å²) in [7, 11) is 0. The molecule has 3 amide bonds. The molecule has 0 fully saturated rings. The molecule has 0 aromatic carbocycles. The van der Waals surface area contributed by atoms with Gasteiger partial charge in [0.1, 0.15) is 0 Å². The van der Waals surface area contributed by atoms with Gasteiger partial charge in [0.25, 0.3) is 17.7 Å². The average molecular weight is 256 g/mol. The van der Waals surface area contributed by atoms with Gasteiger partial charge >= 0.3 is 0 Å². The number of hydrazine groups is 1. The van der Waals surface area contributed by atoms with Crippen LogP contribution in [0.15, 0.2) is 12.2 Å². The molecule has 0 unspecified atom stereocenters. The third-order valence-corrected chi connectivity index (χ3v) is 3.35. The highest BCUT2D eigenvalue weighted by atomic mass is 32.2. The van der Waals surface area contributed by atoms with E-state index in [4.69, 9.17) is 0 Å². The smallest absolute Gasteiger partial charge is 0.272 e. The molecule has 0 aromatic rings. The van der Waals surface area contributed by atoms with E-state index in [1.54, 1.807) is 13.8 Å². The number of imide groups is 1. The van der Waals surface area contributed by atoms with Gasteiger partial charge in [-0.2, -0.15) is 5.01 Å². The van der Waals surface area contributed by atoms with E-state index in [9.17, 15) is 14.4 Å². The van der Waals surface area contributed by atoms with Crippen molar-refractivity contribution in [2.75, 3.05) is 0 Å². The molecule has 0 saturated heterocycles. The summed E-state index contributed by atoms with van der Waals surface area (Å²) in [4.78, 5) is 34.5. The third kappa shape index (κ3) is 3.33. The van der Waals surface area contributed by atoms with Gasteiger partial charge in [0.2, 0.25) is 0 Å². The van der Waals surface area contributed by atoms with Crippen LogP contribution in [-0.2, 0) is 14.4 Å². The Morgan fingerprint density at radius 1 is 1.29 bits per heavy atom. The zero-order chi connectivity index (χ0) is 13.2. The predicted octanol–water partition coefficient (Wildman–Crippen LogP) is 0.863. The Balaban J connectivity index is 2.66. The van der Waals surface area contributed by atoms with Crippen LogP contribution < -0.4 is 5.43 Å². The lowest BCUT2D eigenvalue weighted by atomic mass is 10.2. The molecule has 5 nitrogen and oxygen atoms in total. The van der Waals surface area contributed by atoms with Crippen LogP contribution in [0.4, 0.5) is 0 Å². The van der Waals surface area contributed by atoms with Gasteiger partial charge < -0.3 is 0 Å². The van der Waals surface area contributed by atoms with Gasteiger partial charge in [-0.1, -0.05) is 13.8 Å². The first kappa shape index (κ1) is 13.8. The van der Waals surface area contributed by atoms with E-state index in [1.165, 1.54) is 11.8 Å². The lowest BCUT2D eigenvalue weighted by molar-refractivity contribution is -0.147. The molecular weight excluding hydrogens is 240 g/mol. The molecule has 1 aliphatic rings. The van der Waals surface area contributed by atoms with Crippen molar-refractivity contribution in [1.82, 2.24) is 10.4 Å². The van der Waals surface area contributed by atoms with Crippen LogP contribution in [0.1, 0.15) is 27.7 Å². The summed E-state index contributed by atoms with van der Waals surface area (Å²) < 4.78 is -0.697. The Hall–Kier alpha value is -1.30. The third-order valence-electron chi connectivity index (χ3n) is 2.10. The second-order valence-corrected chi connectivity index (χ2v) is 6.66. The minimum atomic E-state index is -0.697. The van der Waals surface area contributed by atoms with Crippen LogP contribution >= 0.6 is 11.8 Å². The molecule has 0 atom stereocenters. The SMILES string of the molecule is CC(C)SC(C)(C)C(=O)NN1C(=O)C=CC1=O. The zero-order valence-corrected chi connectivity index (χ0v) is 11.1. The highest BCUT2D eigenvalue weighted by molar-refractivity contribution is 8.01. The van der Waals surface area contributed by atoms with Crippen LogP contribution in [0.2, 0.25) is 0 Å². The number of hydrogen-bond donors (Lipinski definition) is 1. The van der Waals surface area contributed by atoms with Crippen LogP contribution in [0, 0.1) is 0 Å². The lowest BCUT2D eigenvalue weighted by Crippen LogP contribution is -2.52. The molecule has 0 aliphatic carbocycles. The van der Waals surface area contributed by atoms with Crippen molar-refractivity contribution in [3.05, 3.63) is 12.2 Å². The Morgan fingerprint density at radius 3 is 2.18 bits per heavy atom. The molecule has 1 heterocycles. The number of nitrogens with one attached hydrogen (secondary N) is 1. The predicted molar refractivity (Wildman–Crippen MR) is 65.9 cm³/mol. The van der Waals surface area contributed by atoms with E-state index in [-0.39, 0.29) is 11.2 Å². The first-order valence-electron chi connectivity index (χ1n) is 5.29. The fourth-order valence-electron chi connectivity index (χ4n) is 1.39. The fraction of sp³-hybridized carbons (Fsp3) is 0.545.